The highest BCUT2D eigenvalue weighted by molar-refractivity contribution is 4.74. The molecule has 0 aliphatic rings. The molecule has 0 aromatic carbocycles. The van der Waals surface area contributed by atoms with E-state index >= 15 is 0 Å². The van der Waals surface area contributed by atoms with Gasteiger partial charge in [-0.15, -0.1) is 6.58 Å². The van der Waals surface area contributed by atoms with Gasteiger partial charge in [0.05, 0.1) is 12.7 Å². The highest BCUT2D eigenvalue weighted by Crippen LogP contribution is 2.05. The van der Waals surface area contributed by atoms with E-state index < -0.39 is 6.10 Å². The summed E-state index contributed by atoms with van der Waals surface area (Å²) in [7, 11) is 1.60. The van der Waals surface area contributed by atoms with Crippen molar-refractivity contribution in [2.75, 3.05) is 20.3 Å². The number of hydrogen-bond donors (Lipinski definition) is 2. The molecule has 0 bridgehead atoms. The molecule has 3 heteroatoms. The standard InChI is InChI=1S/C12H25NO2/c1-4-6-8-11(7-5-2)13-9-12(14)10-15-3/h4,11-14H,1,5-10H2,2-3H3. The molecule has 15 heavy (non-hydrogen) atoms. The molecule has 0 saturated carbocycles. The van der Waals surface area contributed by atoms with Gasteiger partial charge >= 0.3 is 0 Å². The minimum absolute atomic E-state index is 0.396. The Kier molecular flexibility index (Phi) is 9.89. The zero-order valence-corrected chi connectivity index (χ0v) is 10.0. The Morgan fingerprint density at radius 2 is 2.20 bits per heavy atom. The van der Waals surface area contributed by atoms with E-state index in [1.165, 1.54) is 0 Å². The summed E-state index contributed by atoms with van der Waals surface area (Å²) < 4.78 is 4.87. The Balaban J connectivity index is 3.67. The molecule has 0 heterocycles. The third-order valence-electron chi connectivity index (χ3n) is 2.36. The molecule has 2 atom stereocenters. The molecule has 0 aromatic heterocycles. The Morgan fingerprint density at radius 3 is 2.73 bits per heavy atom. The van der Waals surface area contributed by atoms with Crippen LogP contribution < -0.4 is 5.32 Å². The average Bonchev–Trinajstić information content (AvgIpc) is 2.22. The predicted octanol–water partition coefficient (Wildman–Crippen LogP) is 1.72. The van der Waals surface area contributed by atoms with Crippen molar-refractivity contribution >= 4 is 0 Å². The smallest absolute Gasteiger partial charge is 0.0897 e. The normalized spacial score (nSPS) is 14.9. The fourth-order valence-corrected chi connectivity index (χ4v) is 1.57. The summed E-state index contributed by atoms with van der Waals surface area (Å²) in [6.07, 6.45) is 5.96. The number of aliphatic hydroxyl groups excluding tert-OH is 1. The van der Waals surface area contributed by atoms with Gasteiger partial charge < -0.3 is 15.2 Å². The van der Waals surface area contributed by atoms with Gasteiger partial charge in [-0.3, -0.25) is 0 Å². The number of rotatable bonds is 10. The lowest BCUT2D eigenvalue weighted by Crippen LogP contribution is -2.37. The lowest BCUT2D eigenvalue weighted by Gasteiger charge is -2.19. The minimum atomic E-state index is -0.405. The third kappa shape index (κ3) is 8.60. The van der Waals surface area contributed by atoms with Crippen LogP contribution in [0.4, 0.5) is 0 Å². The monoisotopic (exact) mass is 215 g/mol. The molecule has 0 rings (SSSR count). The fraction of sp³-hybridized carbons (Fsp3) is 0.833. The molecule has 0 fully saturated rings. The molecule has 0 aromatic rings. The van der Waals surface area contributed by atoms with E-state index in [9.17, 15) is 5.11 Å². The molecule has 3 nitrogen and oxygen atoms in total. The topological polar surface area (TPSA) is 41.5 Å². The molecule has 0 spiro atoms. The van der Waals surface area contributed by atoms with Crippen molar-refractivity contribution in [2.24, 2.45) is 0 Å². The largest absolute Gasteiger partial charge is 0.389 e. The SMILES string of the molecule is C=CCCC(CCC)NCC(O)COC. The second-order valence-electron chi connectivity index (χ2n) is 3.87. The van der Waals surface area contributed by atoms with Gasteiger partial charge in [0.25, 0.3) is 0 Å². The van der Waals surface area contributed by atoms with Crippen molar-refractivity contribution in [2.45, 2.75) is 44.8 Å². The summed E-state index contributed by atoms with van der Waals surface area (Å²) in [6, 6.07) is 0.486. The Labute approximate surface area is 93.5 Å². The van der Waals surface area contributed by atoms with Crippen molar-refractivity contribution in [3.05, 3.63) is 12.7 Å². The minimum Gasteiger partial charge on any atom is -0.389 e. The summed E-state index contributed by atoms with van der Waals surface area (Å²) in [5.74, 6) is 0. The van der Waals surface area contributed by atoms with E-state index in [0.717, 1.165) is 25.7 Å². The van der Waals surface area contributed by atoms with Crippen LogP contribution in [0.5, 0.6) is 0 Å². The van der Waals surface area contributed by atoms with Gasteiger partial charge in [-0.25, -0.2) is 0 Å². The lowest BCUT2D eigenvalue weighted by molar-refractivity contribution is 0.0623. The van der Waals surface area contributed by atoms with Crippen molar-refractivity contribution in [1.29, 1.82) is 0 Å². The highest BCUT2D eigenvalue weighted by atomic mass is 16.5. The van der Waals surface area contributed by atoms with Gasteiger partial charge in [0, 0.05) is 19.7 Å². The van der Waals surface area contributed by atoms with Crippen LogP contribution in [-0.4, -0.2) is 37.5 Å². The second kappa shape index (κ2) is 10.1. The molecule has 0 radical (unpaired) electrons. The van der Waals surface area contributed by atoms with E-state index in [2.05, 4.69) is 18.8 Å². The zero-order chi connectivity index (χ0) is 11.5. The second-order valence-corrected chi connectivity index (χ2v) is 3.87. The third-order valence-corrected chi connectivity index (χ3v) is 2.36. The number of aliphatic hydroxyl groups is 1. The van der Waals surface area contributed by atoms with Crippen LogP contribution in [0.1, 0.15) is 32.6 Å². The van der Waals surface area contributed by atoms with Crippen LogP contribution in [0.25, 0.3) is 0 Å². The summed E-state index contributed by atoms with van der Waals surface area (Å²) in [5, 5.41) is 12.8. The molecule has 0 aliphatic heterocycles. The Morgan fingerprint density at radius 1 is 1.47 bits per heavy atom. The first-order chi connectivity index (χ1) is 7.24. The van der Waals surface area contributed by atoms with Gasteiger partial charge in [-0.05, 0) is 19.3 Å². The first-order valence-corrected chi connectivity index (χ1v) is 5.75. The van der Waals surface area contributed by atoms with E-state index in [-0.39, 0.29) is 0 Å². The zero-order valence-electron chi connectivity index (χ0n) is 10.0. The summed E-state index contributed by atoms with van der Waals surface area (Å²) >= 11 is 0. The van der Waals surface area contributed by atoms with Gasteiger partial charge in [0.2, 0.25) is 0 Å². The van der Waals surface area contributed by atoms with Gasteiger partial charge in [0.1, 0.15) is 0 Å². The maximum absolute atomic E-state index is 9.48. The number of hydrogen-bond acceptors (Lipinski definition) is 3. The first kappa shape index (κ1) is 14.6. The van der Waals surface area contributed by atoms with E-state index in [1.807, 2.05) is 6.08 Å². The highest BCUT2D eigenvalue weighted by Gasteiger charge is 2.09. The number of nitrogens with one attached hydrogen (secondary N) is 1. The molecule has 2 unspecified atom stereocenters. The summed E-state index contributed by atoms with van der Waals surface area (Å²) in [5.41, 5.74) is 0. The van der Waals surface area contributed by atoms with Gasteiger partial charge in [-0.1, -0.05) is 19.4 Å². The summed E-state index contributed by atoms with van der Waals surface area (Å²) in [4.78, 5) is 0. The van der Waals surface area contributed by atoms with Crippen LogP contribution in [-0.2, 0) is 4.74 Å². The lowest BCUT2D eigenvalue weighted by atomic mass is 10.1. The number of allylic oxidation sites excluding steroid dienone is 1. The van der Waals surface area contributed by atoms with Crippen LogP contribution in [0.2, 0.25) is 0 Å². The fourth-order valence-electron chi connectivity index (χ4n) is 1.57. The van der Waals surface area contributed by atoms with E-state index in [1.54, 1.807) is 7.11 Å². The van der Waals surface area contributed by atoms with E-state index in [0.29, 0.717) is 19.2 Å². The Bertz CT molecular complexity index is 151. The van der Waals surface area contributed by atoms with Crippen LogP contribution in [0.15, 0.2) is 12.7 Å². The Hall–Kier alpha value is -0.380. The number of methoxy groups -OCH3 is 1. The molecule has 0 aliphatic carbocycles. The molecule has 90 valence electrons. The quantitative estimate of drug-likeness (QED) is 0.545. The maximum Gasteiger partial charge on any atom is 0.0897 e. The van der Waals surface area contributed by atoms with Crippen molar-refractivity contribution in [3.63, 3.8) is 0 Å². The van der Waals surface area contributed by atoms with Crippen LogP contribution >= 0.6 is 0 Å². The molecule has 2 N–H and O–H groups in total. The van der Waals surface area contributed by atoms with Crippen molar-refractivity contribution < 1.29 is 9.84 Å². The predicted molar refractivity (Wildman–Crippen MR) is 64.0 cm³/mol. The molecule has 0 amide bonds. The van der Waals surface area contributed by atoms with Crippen LogP contribution in [0.3, 0.4) is 0 Å². The molecule has 0 saturated heterocycles. The molecular weight excluding hydrogens is 190 g/mol. The van der Waals surface area contributed by atoms with E-state index in [4.69, 9.17) is 4.74 Å². The number of ether oxygens (including phenoxy) is 1. The van der Waals surface area contributed by atoms with Gasteiger partial charge in [0.15, 0.2) is 0 Å². The average molecular weight is 215 g/mol. The van der Waals surface area contributed by atoms with Gasteiger partial charge in [-0.2, -0.15) is 0 Å². The first-order valence-electron chi connectivity index (χ1n) is 5.75. The van der Waals surface area contributed by atoms with Crippen molar-refractivity contribution in [1.82, 2.24) is 5.32 Å². The molecular formula is C12H25NO2. The summed E-state index contributed by atoms with van der Waals surface area (Å²) in [6.45, 7) is 6.90. The van der Waals surface area contributed by atoms with Crippen LogP contribution in [0, 0.1) is 0 Å². The maximum atomic E-state index is 9.48. The van der Waals surface area contributed by atoms with Crippen molar-refractivity contribution in [3.8, 4) is 0 Å².